The van der Waals surface area contributed by atoms with Crippen molar-refractivity contribution in [3.8, 4) is 0 Å². The molecule has 0 radical (unpaired) electrons. The fourth-order valence-electron chi connectivity index (χ4n) is 7.05. The van der Waals surface area contributed by atoms with Gasteiger partial charge in [-0.25, -0.2) is 14.3 Å². The Morgan fingerprint density at radius 3 is 2.58 bits per heavy atom. The molecule has 2 N–H and O–H groups in total. The summed E-state index contributed by atoms with van der Waals surface area (Å²) in [7, 11) is -1.16. The van der Waals surface area contributed by atoms with Gasteiger partial charge < -0.3 is 25.2 Å². The Hall–Kier alpha value is -4.74. The largest absolute Gasteiger partial charge is 0.362 e. The summed E-state index contributed by atoms with van der Waals surface area (Å²) in [4.78, 5) is 35.5. The van der Waals surface area contributed by atoms with Crippen LogP contribution in [0.4, 0.5) is 15.3 Å². The standard InChI is InChI=1S/C39H47N7O3Si/c1-27-19-28(20-32-24-45(43-37(27)32)26-49-17-18-50(2,3)4)21-36(35-22-29-9-5-6-10-30(29)23-40-35)42-38(47)44-15-13-33(14-16-44)46-25-31-11-7-8-12-34(31)41-39(46)48/h5-12,19-20,22-24,33,36H,13-18,21,25-26H2,1-4H3,(H,41,48)(H,42,47)/q-1. The van der Waals surface area contributed by atoms with Crippen LogP contribution >= 0.6 is 0 Å². The number of amides is 4. The highest BCUT2D eigenvalue weighted by Crippen LogP contribution is 2.29. The summed E-state index contributed by atoms with van der Waals surface area (Å²) in [6.07, 6.45) is 5.97. The number of urea groups is 2. The summed E-state index contributed by atoms with van der Waals surface area (Å²) < 4.78 is 7.85. The Kier molecular flexibility index (Phi) is 9.61. The van der Waals surface area contributed by atoms with Gasteiger partial charge in [-0.15, -0.1) is 14.1 Å². The second kappa shape index (κ2) is 14.2. The lowest BCUT2D eigenvalue weighted by atomic mass is 9.98. The highest BCUT2D eigenvalue weighted by molar-refractivity contribution is 6.76. The van der Waals surface area contributed by atoms with Gasteiger partial charge in [-0.2, -0.15) is 24.7 Å². The molecule has 1 fully saturated rings. The molecule has 10 nitrogen and oxygen atoms in total. The molecule has 2 aromatic heterocycles. The number of benzene rings is 3. The van der Waals surface area contributed by atoms with Gasteiger partial charge in [-0.1, -0.05) is 48.5 Å². The highest BCUT2D eigenvalue weighted by atomic mass is 28.3. The number of para-hydroxylation sites is 1. The maximum Gasteiger partial charge on any atom is 0.322 e. The van der Waals surface area contributed by atoms with E-state index in [9.17, 15) is 9.59 Å². The molecule has 0 aliphatic carbocycles. The van der Waals surface area contributed by atoms with Gasteiger partial charge >= 0.3 is 12.1 Å². The van der Waals surface area contributed by atoms with Crippen LogP contribution in [0.25, 0.3) is 21.7 Å². The zero-order valence-electron chi connectivity index (χ0n) is 29.5. The van der Waals surface area contributed by atoms with Crippen molar-refractivity contribution in [2.24, 2.45) is 0 Å². The van der Waals surface area contributed by atoms with Gasteiger partial charge in [-0.3, -0.25) is 4.98 Å². The number of nitrogens with one attached hydrogen (secondary N) is 2. The lowest BCUT2D eigenvalue weighted by molar-refractivity contribution is 0.0791. The molecule has 11 heteroatoms. The Morgan fingerprint density at radius 2 is 1.78 bits per heavy atom. The summed E-state index contributed by atoms with van der Waals surface area (Å²) in [5.74, 6) is 0. The number of pyridine rings is 1. The van der Waals surface area contributed by atoms with Crippen molar-refractivity contribution in [3.05, 3.63) is 102 Å². The summed E-state index contributed by atoms with van der Waals surface area (Å²) in [5, 5.41) is 14.4. The molecule has 4 heterocycles. The van der Waals surface area contributed by atoms with E-state index in [0.29, 0.717) is 32.8 Å². The summed E-state index contributed by atoms with van der Waals surface area (Å²) in [6, 6.07) is 23.2. The molecule has 7 rings (SSSR count). The zero-order chi connectivity index (χ0) is 34.8. The molecule has 5 aromatic rings. The Labute approximate surface area is 294 Å². The van der Waals surface area contributed by atoms with E-state index in [2.05, 4.69) is 73.6 Å². The maximum absolute atomic E-state index is 13.9. The highest BCUT2D eigenvalue weighted by Gasteiger charge is 2.33. The number of aromatic nitrogens is 3. The molecule has 1 unspecified atom stereocenters. The number of aryl methyl sites for hydroxylation is 1. The molecule has 2 aliphatic rings. The first-order valence-electron chi connectivity index (χ1n) is 17.7. The number of hydrogen-bond acceptors (Lipinski definition) is 5. The van der Waals surface area contributed by atoms with Crippen LogP contribution in [0.2, 0.25) is 25.7 Å². The van der Waals surface area contributed by atoms with Crippen LogP contribution < -0.4 is 10.6 Å². The summed E-state index contributed by atoms with van der Waals surface area (Å²) >= 11 is 0. The zero-order valence-corrected chi connectivity index (χ0v) is 30.5. The van der Waals surface area contributed by atoms with Gasteiger partial charge in [0.2, 0.25) is 0 Å². The van der Waals surface area contributed by atoms with E-state index < -0.39 is 8.07 Å². The fourth-order valence-corrected chi connectivity index (χ4v) is 7.81. The number of carbonyl (C=O) groups is 2. The van der Waals surface area contributed by atoms with Crippen molar-refractivity contribution < 1.29 is 14.3 Å². The quantitative estimate of drug-likeness (QED) is 0.116. The van der Waals surface area contributed by atoms with Crippen LogP contribution in [0.3, 0.4) is 0 Å². The van der Waals surface area contributed by atoms with Crippen molar-refractivity contribution in [1.29, 1.82) is 0 Å². The van der Waals surface area contributed by atoms with E-state index in [1.54, 1.807) is 0 Å². The van der Waals surface area contributed by atoms with Crippen molar-refractivity contribution in [2.45, 2.75) is 77.2 Å². The topological polar surface area (TPSA) is 105 Å². The van der Waals surface area contributed by atoms with Crippen LogP contribution in [0, 0.1) is 6.92 Å². The van der Waals surface area contributed by atoms with Crippen LogP contribution in [0.1, 0.15) is 41.3 Å². The van der Waals surface area contributed by atoms with Gasteiger partial charge in [0.25, 0.3) is 0 Å². The number of likely N-dealkylation sites (tertiary alicyclic amines) is 1. The third-order valence-corrected chi connectivity index (χ3v) is 11.6. The van der Waals surface area contributed by atoms with Crippen LogP contribution in [0.5, 0.6) is 0 Å². The van der Waals surface area contributed by atoms with E-state index in [1.165, 1.54) is 0 Å². The van der Waals surface area contributed by atoms with Crippen molar-refractivity contribution in [3.63, 3.8) is 0 Å². The van der Waals surface area contributed by atoms with Crippen molar-refractivity contribution in [1.82, 2.24) is 29.9 Å². The number of fused-ring (bicyclic) bond motifs is 3. The lowest BCUT2D eigenvalue weighted by Gasteiger charge is -2.40. The van der Waals surface area contributed by atoms with E-state index in [1.807, 2.05) is 57.2 Å². The van der Waals surface area contributed by atoms with Gasteiger partial charge in [0.1, 0.15) is 6.73 Å². The minimum atomic E-state index is -1.16. The third kappa shape index (κ3) is 7.68. The lowest BCUT2D eigenvalue weighted by Crippen LogP contribution is -2.53. The number of hydrogen-bond donors (Lipinski definition) is 2. The summed E-state index contributed by atoms with van der Waals surface area (Å²) in [5.41, 5.74) is 5.96. The fraction of sp³-hybridized carbons (Fsp3) is 0.385. The number of anilines is 1. The van der Waals surface area contributed by atoms with E-state index in [4.69, 9.17) is 14.8 Å². The average molecular weight is 690 g/mol. The molecule has 0 spiro atoms. The molecule has 3 aromatic carbocycles. The van der Waals surface area contributed by atoms with E-state index in [-0.39, 0.29) is 24.1 Å². The molecule has 4 amide bonds. The predicted octanol–water partition coefficient (Wildman–Crippen LogP) is 7.71. The molecule has 0 bridgehead atoms. The molecular weight excluding hydrogens is 643 g/mol. The number of rotatable bonds is 10. The number of carbonyl (C=O) groups excluding carboxylic acids is 2. The van der Waals surface area contributed by atoms with Gasteiger partial charge in [-0.05, 0) is 66.5 Å². The first kappa shape index (κ1) is 33.7. The predicted molar refractivity (Wildman–Crippen MR) is 201 cm³/mol. The first-order valence-corrected chi connectivity index (χ1v) is 21.4. The molecule has 1 atom stereocenters. The third-order valence-electron chi connectivity index (χ3n) is 9.93. The molecular formula is C39H47N7O3Si-. The van der Waals surface area contributed by atoms with Gasteiger partial charge in [0.05, 0.1) is 17.3 Å². The van der Waals surface area contributed by atoms with Crippen LogP contribution in [-0.4, -0.2) is 70.4 Å². The number of piperidine rings is 1. The minimum Gasteiger partial charge on any atom is -0.362 e. The van der Waals surface area contributed by atoms with E-state index in [0.717, 1.165) is 75.2 Å². The monoisotopic (exact) mass is 689 g/mol. The maximum atomic E-state index is 13.9. The molecule has 261 valence electrons. The summed E-state index contributed by atoms with van der Waals surface area (Å²) in [6.45, 7) is 12.1. The van der Waals surface area contributed by atoms with Crippen LogP contribution in [0.15, 0.2) is 79.1 Å². The van der Waals surface area contributed by atoms with E-state index >= 15 is 0 Å². The molecule has 1 saturated heterocycles. The Bertz CT molecular complexity index is 2010. The second-order valence-corrected chi connectivity index (χ2v) is 20.6. The SMILES string of the molecule is Cc1cc(CC(NC(=O)N2CCC(N3Cc4ccccc4NC3=O)CC2)c2cc3ccccc3cn2)cc2cn(COCC[Si-](C)(C)C)nc12. The smallest absolute Gasteiger partial charge is 0.322 e. The molecule has 50 heavy (non-hydrogen) atoms. The van der Waals surface area contributed by atoms with Crippen molar-refractivity contribution >= 4 is 47.5 Å². The Balaban J connectivity index is 1.06. The first-order chi connectivity index (χ1) is 24.1. The normalized spacial score (nSPS) is 16.0. The van der Waals surface area contributed by atoms with Gasteiger partial charge in [0, 0.05) is 61.1 Å². The second-order valence-electron chi connectivity index (χ2n) is 15.0. The Morgan fingerprint density at radius 1 is 1.02 bits per heavy atom. The molecule has 0 saturated carbocycles. The van der Waals surface area contributed by atoms with Crippen LogP contribution in [-0.2, 0) is 24.4 Å². The minimum absolute atomic E-state index is 0.0681. The molecule has 2 aliphatic heterocycles. The van der Waals surface area contributed by atoms with Gasteiger partial charge in [0.15, 0.2) is 0 Å². The average Bonchev–Trinajstić information content (AvgIpc) is 3.52. The number of nitrogens with zero attached hydrogens (tertiary/aromatic N) is 5. The van der Waals surface area contributed by atoms with Crippen molar-refractivity contribution in [2.75, 3.05) is 25.0 Å². The number of ether oxygens (including phenoxy) is 1.